The zero-order valence-corrected chi connectivity index (χ0v) is 55.2. The number of benzene rings is 4. The molecule has 18 radical (unpaired) electrons. The van der Waals surface area contributed by atoms with Crippen LogP contribution in [0, 0.1) is 35.0 Å². The van der Waals surface area contributed by atoms with E-state index in [1.807, 2.05) is 6.07 Å². The third-order valence-corrected chi connectivity index (χ3v) is 20.3. The quantitative estimate of drug-likeness (QED) is 0.0272. The number of carbonyl (C=O) groups is 6. The van der Waals surface area contributed by atoms with Crippen LogP contribution in [0.2, 0.25) is 0 Å². The van der Waals surface area contributed by atoms with E-state index in [4.69, 9.17) is 99.0 Å². The molecule has 0 spiro atoms. The van der Waals surface area contributed by atoms with E-state index < -0.39 is 114 Å². The van der Waals surface area contributed by atoms with Crippen LogP contribution in [0.25, 0.3) is 0 Å². The van der Waals surface area contributed by atoms with Crippen molar-refractivity contribution in [3.63, 3.8) is 0 Å². The fourth-order valence-electron chi connectivity index (χ4n) is 14.1. The molecule has 6 saturated carbocycles. The zero-order valence-electron chi connectivity index (χ0n) is 52.8. The van der Waals surface area contributed by atoms with Crippen molar-refractivity contribution in [2.45, 2.75) is 132 Å². The fraction of sp³-hybridized carbons (Fsp3) is 0.516. The first-order chi connectivity index (χ1) is 45.6. The number of halogens is 2. The van der Waals surface area contributed by atoms with Crippen molar-refractivity contribution < 1.29 is 105 Å². The second kappa shape index (κ2) is 32.9. The van der Waals surface area contributed by atoms with Crippen molar-refractivity contribution in [1.29, 1.82) is 0 Å². The number of ether oxygens (including phenoxy) is 6. The maximum Gasteiger partial charge on any atom is 0.367 e. The first-order valence-corrected chi connectivity index (χ1v) is 35.4. The Morgan fingerprint density at radius 3 is 1.40 bits per heavy atom. The smallest absolute Gasteiger partial charge is 0.367 e. The van der Waals surface area contributed by atoms with Crippen molar-refractivity contribution in [3.8, 4) is 5.75 Å². The Bertz CT molecular complexity index is 3930. The van der Waals surface area contributed by atoms with Gasteiger partial charge in [0.05, 0.1) is 136 Å². The minimum Gasteiger partial charge on any atom is -0.748 e. The molecule has 6 unspecified atom stereocenters. The monoisotopic (exact) mass is 1380 g/mol. The van der Waals surface area contributed by atoms with E-state index in [2.05, 4.69) is 0 Å². The standard InChI is InChI=1S/C23H25B3F2O7S.C20H23B3O7S.C19H17B3O7S/c24-8-13-2-16(9-25)18(10-26)17(3-13)19(29)35-22-6-14-1-15(7-22)5-21(4-14,11-22)20(30)34-12-23(27,28)36(31,32)33;21-8-11-3-14(9-22)17(10-23)16(4-11)20(25)30-18-7-12-5-13(18)6-15(12)19(24)29-1-2-31(26,27)28;20-9-12-7-14(10-21)17(11-22)16(8-12)19(24)29-15-3-1-13(2-4-15)18(23)28-5-6-30(25,26)27/h2-3,14-15H,1,4-12H2,(H,31,32,33);3-4,12-13,15,18H,1-2,5-10H2,(H,26,27,28);1-4,7-8H,5-6,9-11H2,(H,25,26,27)/p-3. The molecule has 0 aliphatic heterocycles. The average Bonchev–Trinajstić information content (AvgIpc) is 1.23. The minimum absolute atomic E-state index is 0.000640. The first kappa shape index (κ1) is 78.2. The molecule has 21 nitrogen and oxygen atoms in total. The summed E-state index contributed by atoms with van der Waals surface area (Å²) in [6.45, 7) is -2.85. The number of carbonyl (C=O) groups excluding carboxylic acids is 6. The van der Waals surface area contributed by atoms with Gasteiger partial charge in [-0.2, -0.15) is 8.78 Å². The van der Waals surface area contributed by atoms with Gasteiger partial charge in [-0.1, -0.05) is 108 Å². The predicted molar refractivity (Wildman–Crippen MR) is 351 cm³/mol. The van der Waals surface area contributed by atoms with Gasteiger partial charge in [-0.25, -0.2) is 44.4 Å². The molecule has 498 valence electrons. The van der Waals surface area contributed by atoms with Crippen molar-refractivity contribution in [1.82, 2.24) is 0 Å². The van der Waals surface area contributed by atoms with Gasteiger partial charge in [-0.05, 0) is 134 Å². The molecule has 35 heteroatoms. The molecular weight excluding hydrogens is 1310 g/mol. The third-order valence-electron chi connectivity index (χ3n) is 18.1. The molecule has 0 amide bonds. The van der Waals surface area contributed by atoms with E-state index in [9.17, 15) is 76.5 Å². The zero-order chi connectivity index (χ0) is 71.6. The van der Waals surface area contributed by atoms with Gasteiger partial charge in [0.15, 0.2) is 16.7 Å². The van der Waals surface area contributed by atoms with E-state index in [1.54, 1.807) is 30.3 Å². The Morgan fingerprint density at radius 1 is 0.515 bits per heavy atom. The highest BCUT2D eigenvalue weighted by Crippen LogP contribution is 2.63. The van der Waals surface area contributed by atoms with Gasteiger partial charge in [0.1, 0.15) is 30.7 Å². The van der Waals surface area contributed by atoms with E-state index in [1.165, 1.54) is 24.3 Å². The Labute approximate surface area is 575 Å². The topological polar surface area (TPSA) is 329 Å². The first-order valence-electron chi connectivity index (χ1n) is 30.8. The van der Waals surface area contributed by atoms with Crippen LogP contribution in [0.1, 0.15) is 149 Å². The molecule has 0 aromatic heterocycles. The predicted octanol–water partition coefficient (Wildman–Crippen LogP) is 2.83. The van der Waals surface area contributed by atoms with E-state index in [-0.39, 0.29) is 121 Å². The van der Waals surface area contributed by atoms with Crippen LogP contribution >= 0.6 is 0 Å². The second-order valence-electron chi connectivity index (χ2n) is 24.7. The maximum atomic E-state index is 13.6. The number of fused-ring (bicyclic) bond motifs is 2. The van der Waals surface area contributed by atoms with E-state index >= 15 is 0 Å². The molecule has 6 atom stereocenters. The second-order valence-corrected chi connectivity index (χ2v) is 29.2. The summed E-state index contributed by atoms with van der Waals surface area (Å²) in [5, 5.41) is -4.73. The van der Waals surface area contributed by atoms with Gasteiger partial charge < -0.3 is 42.1 Å². The van der Waals surface area contributed by atoms with E-state index in [0.29, 0.717) is 83.0 Å². The molecule has 97 heavy (non-hydrogen) atoms. The normalized spacial score (nSPS) is 22.2. The lowest BCUT2D eigenvalue weighted by Gasteiger charge is -2.59. The van der Waals surface area contributed by atoms with Crippen LogP contribution in [0.3, 0.4) is 0 Å². The number of alkyl halides is 2. The Morgan fingerprint density at radius 2 is 0.979 bits per heavy atom. The summed E-state index contributed by atoms with van der Waals surface area (Å²) in [7, 11) is 37.1. The molecule has 0 N–H and O–H groups in total. The third kappa shape index (κ3) is 19.7. The molecular formula is C62H62B9F2O21S3-3. The van der Waals surface area contributed by atoms with Gasteiger partial charge in [-0.15, -0.1) is 0 Å². The largest absolute Gasteiger partial charge is 0.748 e. The molecule has 6 aliphatic rings. The highest BCUT2D eigenvalue weighted by atomic mass is 32.2. The van der Waals surface area contributed by atoms with Crippen LogP contribution in [0.4, 0.5) is 8.78 Å². The summed E-state index contributed by atoms with van der Waals surface area (Å²) in [5.41, 5.74) is 4.77. The number of esters is 6. The van der Waals surface area contributed by atoms with Gasteiger partial charge in [0.25, 0.3) is 0 Å². The van der Waals surface area contributed by atoms with Crippen molar-refractivity contribution >= 4 is 137 Å². The van der Waals surface area contributed by atoms with Crippen molar-refractivity contribution in [3.05, 3.63) is 133 Å². The lowest BCUT2D eigenvalue weighted by molar-refractivity contribution is -0.200. The van der Waals surface area contributed by atoms with Crippen molar-refractivity contribution in [2.75, 3.05) is 31.3 Å². The SMILES string of the molecule is [B]Cc1cc(C[B])c(C[B])c(C(=O)OC23CC4CC(C2)CC(C(=O)OCC(F)(F)S(=O)(=O)[O-])(C4)C3)c1.[B]Cc1cc(C[B])c(C[B])c(C(=O)OC2CC3CC2CC3C(=O)OCCS(=O)(=O)[O-])c1.[B]Cc1cc(C[B])c(C[B])c(C(=O)Oc2ccc(C(=O)OCCS(=O)(=O)[O-])cc2)c1. The molecule has 6 bridgehead atoms. The van der Waals surface area contributed by atoms with Crippen LogP contribution in [-0.4, -0.2) is 194 Å². The van der Waals surface area contributed by atoms with Gasteiger partial charge >= 0.3 is 41.1 Å². The van der Waals surface area contributed by atoms with E-state index in [0.717, 1.165) is 24.0 Å². The molecule has 0 saturated heterocycles. The van der Waals surface area contributed by atoms with Crippen LogP contribution in [-0.2, 0) is 121 Å². The number of hydrogen-bond donors (Lipinski definition) is 0. The molecule has 6 fully saturated rings. The summed E-state index contributed by atoms with van der Waals surface area (Å²) in [6.07, 6.45) is 5.47. The fourth-order valence-corrected chi connectivity index (χ4v) is 14.9. The minimum atomic E-state index is -5.99. The molecule has 4 aromatic rings. The highest BCUT2D eigenvalue weighted by Gasteiger charge is 2.63. The average molecular weight is 1370 g/mol. The van der Waals surface area contributed by atoms with Crippen LogP contribution in [0.15, 0.2) is 60.7 Å². The number of hydrogen-bond acceptors (Lipinski definition) is 21. The van der Waals surface area contributed by atoms with Gasteiger partial charge in [0, 0.05) is 6.42 Å². The highest BCUT2D eigenvalue weighted by molar-refractivity contribution is 7.86. The molecule has 10 rings (SSSR count). The lowest BCUT2D eigenvalue weighted by atomic mass is 9.48. The molecule has 0 heterocycles. The summed E-state index contributed by atoms with van der Waals surface area (Å²) in [6, 6.07) is 15.7. The molecule has 4 aromatic carbocycles. The van der Waals surface area contributed by atoms with Gasteiger partial charge in [-0.3, -0.25) is 9.59 Å². The maximum absolute atomic E-state index is 13.6. The van der Waals surface area contributed by atoms with Crippen molar-refractivity contribution in [2.24, 2.45) is 35.0 Å². The Hall–Kier alpha value is -6.13. The summed E-state index contributed by atoms with van der Waals surface area (Å²) in [5.74, 6) is -5.86. The Kier molecular flexibility index (Phi) is 26.5. The number of rotatable bonds is 27. The van der Waals surface area contributed by atoms with Crippen LogP contribution < -0.4 is 4.74 Å². The van der Waals surface area contributed by atoms with Gasteiger partial charge in [0.2, 0.25) is 0 Å². The van der Waals surface area contributed by atoms with Crippen LogP contribution in [0.5, 0.6) is 5.75 Å². The Balaban J connectivity index is 0.000000206. The summed E-state index contributed by atoms with van der Waals surface area (Å²) < 4.78 is 155. The summed E-state index contributed by atoms with van der Waals surface area (Å²) in [4.78, 5) is 76.0. The summed E-state index contributed by atoms with van der Waals surface area (Å²) >= 11 is 0. The molecule has 6 aliphatic carbocycles. The lowest BCUT2D eigenvalue weighted by Crippen LogP contribution is -2.60.